The average molecular weight is 451 g/mol. The second kappa shape index (κ2) is 8.34. The molecule has 3 aromatic carbocycles. The van der Waals surface area contributed by atoms with Crippen molar-refractivity contribution in [2.45, 2.75) is 26.3 Å². The normalized spacial score (nSPS) is 17.6. The summed E-state index contributed by atoms with van der Waals surface area (Å²) in [6, 6.07) is 22.1. The zero-order valence-corrected chi connectivity index (χ0v) is 19.4. The number of aliphatic hydroxyl groups excluding tert-OH is 1. The first-order valence-corrected chi connectivity index (χ1v) is 11.4. The molecule has 2 heterocycles. The van der Waals surface area contributed by atoms with Crippen molar-refractivity contribution in [3.63, 3.8) is 0 Å². The van der Waals surface area contributed by atoms with Crippen molar-refractivity contribution >= 4 is 34.0 Å². The maximum Gasteiger partial charge on any atom is 0.300 e. The molecular formula is C29H26N2O3. The van der Waals surface area contributed by atoms with Gasteiger partial charge in [-0.05, 0) is 37.1 Å². The second-order valence-electron chi connectivity index (χ2n) is 8.77. The Bertz CT molecular complexity index is 1440. The van der Waals surface area contributed by atoms with Crippen LogP contribution >= 0.6 is 0 Å². The van der Waals surface area contributed by atoms with Crippen LogP contribution in [0.25, 0.3) is 16.7 Å². The third kappa shape index (κ3) is 3.41. The summed E-state index contributed by atoms with van der Waals surface area (Å²) in [5.74, 6) is -1.49. The van der Waals surface area contributed by atoms with E-state index in [1.165, 1.54) is 4.90 Å². The van der Waals surface area contributed by atoms with Crippen LogP contribution in [-0.2, 0) is 23.1 Å². The first-order chi connectivity index (χ1) is 16.4. The summed E-state index contributed by atoms with van der Waals surface area (Å²) >= 11 is 0. The van der Waals surface area contributed by atoms with Crippen molar-refractivity contribution in [1.82, 2.24) is 4.57 Å². The van der Waals surface area contributed by atoms with Crippen LogP contribution in [0.4, 0.5) is 5.69 Å². The van der Waals surface area contributed by atoms with Crippen LogP contribution in [0.3, 0.4) is 0 Å². The third-order valence-corrected chi connectivity index (χ3v) is 6.61. The fraction of sp³-hybridized carbons (Fsp3) is 0.172. The van der Waals surface area contributed by atoms with Gasteiger partial charge in [0.1, 0.15) is 5.76 Å². The Morgan fingerprint density at radius 2 is 1.62 bits per heavy atom. The number of anilines is 1. The Labute approximate surface area is 198 Å². The van der Waals surface area contributed by atoms with Crippen LogP contribution in [0.5, 0.6) is 0 Å². The smallest absolute Gasteiger partial charge is 0.300 e. The van der Waals surface area contributed by atoms with Gasteiger partial charge >= 0.3 is 0 Å². The van der Waals surface area contributed by atoms with Crippen molar-refractivity contribution in [2.24, 2.45) is 7.05 Å². The molecule has 1 amide bonds. The molecule has 1 aromatic heterocycles. The SMILES string of the molecule is CCc1ccc(N2C(=O)C(=O)/C(=C(/O)c3ccc(C)cc3)C2c2cn(C)c3ccccc23)cc1. The molecule has 34 heavy (non-hydrogen) atoms. The lowest BCUT2D eigenvalue weighted by molar-refractivity contribution is -0.132. The van der Waals surface area contributed by atoms with E-state index in [0.717, 1.165) is 34.0 Å². The number of para-hydroxylation sites is 1. The number of carbonyl (C=O) groups excluding carboxylic acids is 2. The molecule has 4 aromatic rings. The zero-order valence-electron chi connectivity index (χ0n) is 19.4. The predicted octanol–water partition coefficient (Wildman–Crippen LogP) is 5.68. The van der Waals surface area contributed by atoms with Crippen LogP contribution in [-0.4, -0.2) is 21.4 Å². The number of aromatic nitrogens is 1. The topological polar surface area (TPSA) is 62.5 Å². The number of hydrogen-bond donors (Lipinski definition) is 1. The van der Waals surface area contributed by atoms with Crippen molar-refractivity contribution in [2.75, 3.05) is 4.90 Å². The minimum Gasteiger partial charge on any atom is -0.507 e. The van der Waals surface area contributed by atoms with E-state index in [2.05, 4.69) is 6.92 Å². The van der Waals surface area contributed by atoms with E-state index >= 15 is 0 Å². The van der Waals surface area contributed by atoms with Crippen molar-refractivity contribution < 1.29 is 14.7 Å². The van der Waals surface area contributed by atoms with E-state index in [0.29, 0.717) is 11.3 Å². The molecule has 1 N–H and O–H groups in total. The van der Waals surface area contributed by atoms with Gasteiger partial charge in [-0.15, -0.1) is 0 Å². The first kappa shape index (κ1) is 21.7. The summed E-state index contributed by atoms with van der Waals surface area (Å²) in [4.78, 5) is 28.3. The number of nitrogens with zero attached hydrogens (tertiary/aromatic N) is 2. The highest BCUT2D eigenvalue weighted by atomic mass is 16.3. The van der Waals surface area contributed by atoms with Crippen LogP contribution in [0.1, 0.15) is 35.2 Å². The molecule has 0 radical (unpaired) electrons. The standard InChI is InChI=1S/C29H26N2O3/c1-4-19-11-15-21(16-12-19)31-26(23-17-30(3)24-8-6-5-7-22(23)24)25(28(33)29(31)34)27(32)20-13-9-18(2)10-14-20/h5-17,26,32H,4H2,1-3H3/b27-25+. The van der Waals surface area contributed by atoms with Crippen LogP contribution in [0.15, 0.2) is 84.6 Å². The van der Waals surface area contributed by atoms with Gasteiger partial charge in [0.15, 0.2) is 0 Å². The first-order valence-electron chi connectivity index (χ1n) is 11.4. The predicted molar refractivity (Wildman–Crippen MR) is 135 cm³/mol. The van der Waals surface area contributed by atoms with E-state index in [1.807, 2.05) is 85.4 Å². The molecule has 0 spiro atoms. The lowest BCUT2D eigenvalue weighted by atomic mass is 9.94. The molecule has 0 saturated carbocycles. The quantitative estimate of drug-likeness (QED) is 0.247. The van der Waals surface area contributed by atoms with E-state index in [4.69, 9.17) is 0 Å². The van der Waals surface area contributed by atoms with Gasteiger partial charge in [-0.25, -0.2) is 0 Å². The van der Waals surface area contributed by atoms with Crippen LogP contribution in [0.2, 0.25) is 0 Å². The second-order valence-corrected chi connectivity index (χ2v) is 8.77. The monoisotopic (exact) mass is 450 g/mol. The Morgan fingerprint density at radius 3 is 2.29 bits per heavy atom. The van der Waals surface area contributed by atoms with E-state index in [1.54, 1.807) is 12.1 Å². The van der Waals surface area contributed by atoms with E-state index < -0.39 is 17.7 Å². The molecule has 1 saturated heterocycles. The maximum atomic E-state index is 13.4. The molecule has 1 fully saturated rings. The molecule has 1 unspecified atom stereocenters. The molecular weight excluding hydrogens is 424 g/mol. The summed E-state index contributed by atoms with van der Waals surface area (Å²) in [6.45, 7) is 4.03. The maximum absolute atomic E-state index is 13.4. The van der Waals surface area contributed by atoms with Gasteiger partial charge in [-0.2, -0.15) is 0 Å². The molecule has 5 rings (SSSR count). The van der Waals surface area contributed by atoms with Crippen LogP contribution in [0, 0.1) is 6.92 Å². The Balaban J connectivity index is 1.78. The summed E-state index contributed by atoms with van der Waals surface area (Å²) in [5, 5.41) is 12.3. The number of Topliss-reactive ketones (excluding diaryl/α,β-unsaturated/α-hetero) is 1. The number of benzene rings is 3. The molecule has 170 valence electrons. The van der Waals surface area contributed by atoms with Gasteiger partial charge in [0.2, 0.25) is 0 Å². The number of aliphatic hydroxyl groups is 1. The molecule has 1 aliphatic rings. The highest BCUT2D eigenvalue weighted by Crippen LogP contribution is 2.44. The number of ketones is 1. The lowest BCUT2D eigenvalue weighted by Gasteiger charge is -2.25. The minimum atomic E-state index is -0.750. The molecule has 0 aliphatic carbocycles. The number of hydrogen-bond acceptors (Lipinski definition) is 3. The van der Waals surface area contributed by atoms with E-state index in [9.17, 15) is 14.7 Å². The Kier molecular flexibility index (Phi) is 5.33. The minimum absolute atomic E-state index is 0.102. The number of aryl methyl sites for hydroxylation is 3. The summed E-state index contributed by atoms with van der Waals surface area (Å²) < 4.78 is 1.98. The highest BCUT2D eigenvalue weighted by Gasteiger charge is 2.47. The number of rotatable bonds is 4. The van der Waals surface area contributed by atoms with Crippen molar-refractivity contribution in [1.29, 1.82) is 0 Å². The van der Waals surface area contributed by atoms with Gasteiger partial charge in [0.25, 0.3) is 11.7 Å². The van der Waals surface area contributed by atoms with Gasteiger partial charge < -0.3 is 9.67 Å². The van der Waals surface area contributed by atoms with Crippen molar-refractivity contribution in [3.8, 4) is 0 Å². The summed E-state index contributed by atoms with van der Waals surface area (Å²) in [7, 11) is 1.94. The number of carbonyl (C=O) groups is 2. The molecule has 1 atom stereocenters. The summed E-state index contributed by atoms with van der Waals surface area (Å²) in [5.41, 5.74) is 5.20. The zero-order chi connectivity index (χ0) is 24.0. The fourth-order valence-corrected chi connectivity index (χ4v) is 4.74. The molecule has 5 heteroatoms. The van der Waals surface area contributed by atoms with Gasteiger partial charge in [0.05, 0.1) is 11.6 Å². The summed E-state index contributed by atoms with van der Waals surface area (Å²) in [6.07, 6.45) is 2.82. The largest absolute Gasteiger partial charge is 0.507 e. The molecule has 5 nitrogen and oxygen atoms in total. The van der Waals surface area contributed by atoms with Gasteiger partial charge in [0, 0.05) is 41.0 Å². The van der Waals surface area contributed by atoms with Gasteiger partial charge in [-0.3, -0.25) is 14.5 Å². The molecule has 1 aliphatic heterocycles. The average Bonchev–Trinajstić information content (AvgIpc) is 3.32. The molecule has 0 bridgehead atoms. The van der Waals surface area contributed by atoms with E-state index in [-0.39, 0.29) is 11.3 Å². The third-order valence-electron chi connectivity index (χ3n) is 6.61. The fourth-order valence-electron chi connectivity index (χ4n) is 4.74. The highest BCUT2D eigenvalue weighted by molar-refractivity contribution is 6.51. The van der Waals surface area contributed by atoms with Crippen molar-refractivity contribution in [3.05, 3.63) is 107 Å². The number of amides is 1. The Morgan fingerprint density at radius 1 is 0.941 bits per heavy atom. The lowest BCUT2D eigenvalue weighted by Crippen LogP contribution is -2.29. The van der Waals surface area contributed by atoms with Gasteiger partial charge in [-0.1, -0.05) is 67.1 Å². The van der Waals surface area contributed by atoms with Crippen LogP contribution < -0.4 is 4.90 Å². The Hall–Kier alpha value is -4.12. The number of fused-ring (bicyclic) bond motifs is 1.